The van der Waals surface area contributed by atoms with Gasteiger partial charge in [0.1, 0.15) is 6.04 Å². The van der Waals surface area contributed by atoms with Crippen LogP contribution >= 0.6 is 0 Å². The largest absolute Gasteiger partial charge is 0.282 e. The lowest BCUT2D eigenvalue weighted by Gasteiger charge is -2.36. The zero-order valence-corrected chi connectivity index (χ0v) is 17.3. The summed E-state index contributed by atoms with van der Waals surface area (Å²) in [5.41, 5.74) is 4.13. The summed E-state index contributed by atoms with van der Waals surface area (Å²) in [6.07, 6.45) is 0.967. The van der Waals surface area contributed by atoms with Crippen LogP contribution in [0.15, 0.2) is 48.5 Å². The topological polar surface area (TPSA) is 64.4 Å². The van der Waals surface area contributed by atoms with Gasteiger partial charge in [-0.15, -0.1) is 0 Å². The van der Waals surface area contributed by atoms with Crippen LogP contribution in [-0.2, 0) is 22.2 Å². The van der Waals surface area contributed by atoms with Gasteiger partial charge in [-0.2, -0.15) is 9.57 Å². The third kappa shape index (κ3) is 4.79. The Kier molecular flexibility index (Phi) is 6.50. The highest BCUT2D eigenvalue weighted by Crippen LogP contribution is 2.23. The molecular formula is C22H27N3O2S. The van der Waals surface area contributed by atoms with E-state index in [1.165, 1.54) is 5.56 Å². The van der Waals surface area contributed by atoms with Gasteiger partial charge in [0.2, 0.25) is 10.0 Å². The fourth-order valence-electron chi connectivity index (χ4n) is 3.53. The van der Waals surface area contributed by atoms with Crippen molar-refractivity contribution in [2.45, 2.75) is 32.1 Å². The van der Waals surface area contributed by atoms with E-state index in [-0.39, 0.29) is 11.8 Å². The van der Waals surface area contributed by atoms with Crippen molar-refractivity contribution in [3.8, 4) is 6.07 Å². The van der Waals surface area contributed by atoms with Gasteiger partial charge in [-0.05, 0) is 30.0 Å². The van der Waals surface area contributed by atoms with E-state index < -0.39 is 10.0 Å². The SMILES string of the molecule is CCc1ccc(C(C#N)N2CCN(S(=O)(=O)Cc3ccc(C)cc3)CC2)cc1. The van der Waals surface area contributed by atoms with Crippen molar-refractivity contribution in [2.75, 3.05) is 26.2 Å². The highest BCUT2D eigenvalue weighted by molar-refractivity contribution is 7.88. The van der Waals surface area contributed by atoms with Crippen LogP contribution < -0.4 is 0 Å². The molecule has 0 spiro atoms. The maximum Gasteiger partial charge on any atom is 0.218 e. The fourth-order valence-corrected chi connectivity index (χ4v) is 5.04. The number of aryl methyl sites for hydroxylation is 2. The van der Waals surface area contributed by atoms with E-state index in [1.807, 2.05) is 43.3 Å². The van der Waals surface area contributed by atoms with Crippen molar-refractivity contribution >= 4 is 10.0 Å². The number of hydrogen-bond donors (Lipinski definition) is 0. The van der Waals surface area contributed by atoms with Gasteiger partial charge in [-0.3, -0.25) is 4.90 Å². The molecule has 0 aliphatic carbocycles. The number of piperazine rings is 1. The van der Waals surface area contributed by atoms with E-state index >= 15 is 0 Å². The molecule has 3 rings (SSSR count). The monoisotopic (exact) mass is 397 g/mol. The number of nitriles is 1. The molecule has 2 aromatic rings. The molecule has 1 heterocycles. The lowest BCUT2D eigenvalue weighted by Crippen LogP contribution is -2.49. The van der Waals surface area contributed by atoms with Gasteiger partial charge in [0.15, 0.2) is 0 Å². The molecule has 2 aromatic carbocycles. The molecule has 1 atom stereocenters. The molecule has 5 nitrogen and oxygen atoms in total. The quantitative estimate of drug-likeness (QED) is 0.750. The van der Waals surface area contributed by atoms with E-state index in [4.69, 9.17) is 0 Å². The Morgan fingerprint density at radius 2 is 1.54 bits per heavy atom. The van der Waals surface area contributed by atoms with E-state index in [0.29, 0.717) is 26.2 Å². The first-order chi connectivity index (χ1) is 13.4. The van der Waals surface area contributed by atoms with E-state index in [1.54, 1.807) is 4.31 Å². The van der Waals surface area contributed by atoms with Gasteiger partial charge < -0.3 is 0 Å². The van der Waals surface area contributed by atoms with E-state index in [0.717, 1.165) is 23.1 Å². The predicted octanol–water partition coefficient (Wildman–Crippen LogP) is 3.27. The van der Waals surface area contributed by atoms with Crippen LogP contribution in [0.4, 0.5) is 0 Å². The molecule has 28 heavy (non-hydrogen) atoms. The second-order valence-corrected chi connectivity index (χ2v) is 9.27. The molecule has 1 saturated heterocycles. The van der Waals surface area contributed by atoms with Gasteiger partial charge in [0.25, 0.3) is 0 Å². The number of sulfonamides is 1. The predicted molar refractivity (Wildman–Crippen MR) is 111 cm³/mol. The summed E-state index contributed by atoms with van der Waals surface area (Å²) in [6, 6.07) is 17.8. The van der Waals surface area contributed by atoms with Gasteiger partial charge in [0.05, 0.1) is 11.8 Å². The lowest BCUT2D eigenvalue weighted by atomic mass is 10.0. The highest BCUT2D eigenvalue weighted by Gasteiger charge is 2.30. The van der Waals surface area contributed by atoms with Crippen molar-refractivity contribution in [1.29, 1.82) is 5.26 Å². The number of hydrogen-bond acceptors (Lipinski definition) is 4. The summed E-state index contributed by atoms with van der Waals surface area (Å²) in [6.45, 7) is 6.03. The maximum absolute atomic E-state index is 12.8. The van der Waals surface area contributed by atoms with Crippen molar-refractivity contribution in [1.82, 2.24) is 9.21 Å². The normalized spacial score (nSPS) is 17.2. The minimum Gasteiger partial charge on any atom is -0.282 e. The van der Waals surface area contributed by atoms with Crippen LogP contribution in [0.3, 0.4) is 0 Å². The zero-order valence-electron chi connectivity index (χ0n) is 16.5. The summed E-state index contributed by atoms with van der Waals surface area (Å²) < 4.78 is 27.1. The third-order valence-corrected chi connectivity index (χ3v) is 7.18. The van der Waals surface area contributed by atoms with Crippen molar-refractivity contribution < 1.29 is 8.42 Å². The van der Waals surface area contributed by atoms with Gasteiger partial charge in [-0.1, -0.05) is 61.0 Å². The first kappa shape index (κ1) is 20.5. The van der Waals surface area contributed by atoms with E-state index in [9.17, 15) is 13.7 Å². The lowest BCUT2D eigenvalue weighted by molar-refractivity contribution is 0.162. The first-order valence-corrected chi connectivity index (χ1v) is 11.3. The van der Waals surface area contributed by atoms with Crippen LogP contribution in [0, 0.1) is 18.3 Å². The minimum absolute atomic E-state index is 0.0213. The zero-order chi connectivity index (χ0) is 20.1. The summed E-state index contributed by atoms with van der Waals surface area (Å²) in [5.74, 6) is 0.0213. The van der Waals surface area contributed by atoms with Crippen molar-refractivity contribution in [2.24, 2.45) is 0 Å². The Hall–Kier alpha value is -2.20. The maximum atomic E-state index is 12.8. The Morgan fingerprint density at radius 1 is 0.964 bits per heavy atom. The number of nitrogens with zero attached hydrogens (tertiary/aromatic N) is 3. The average Bonchev–Trinajstić information content (AvgIpc) is 2.71. The number of rotatable bonds is 6. The van der Waals surface area contributed by atoms with Gasteiger partial charge in [0, 0.05) is 26.2 Å². The molecule has 0 radical (unpaired) electrons. The minimum atomic E-state index is -3.35. The molecule has 0 saturated carbocycles. The standard InChI is InChI=1S/C22H27N3O2S/c1-3-19-8-10-21(11-9-19)22(16-23)24-12-14-25(15-13-24)28(26,27)17-20-6-4-18(2)5-7-20/h4-11,22H,3,12-15,17H2,1-2H3. The van der Waals surface area contributed by atoms with E-state index in [2.05, 4.69) is 30.0 Å². The second kappa shape index (κ2) is 8.87. The first-order valence-electron chi connectivity index (χ1n) is 9.69. The molecule has 0 amide bonds. The van der Waals surface area contributed by atoms with Crippen molar-refractivity contribution in [3.05, 3.63) is 70.8 Å². The third-order valence-electron chi connectivity index (χ3n) is 5.33. The van der Waals surface area contributed by atoms with Crippen LogP contribution in [0.5, 0.6) is 0 Å². The molecule has 0 aromatic heterocycles. The molecule has 1 aliphatic heterocycles. The summed E-state index contributed by atoms with van der Waals surface area (Å²) in [5, 5.41) is 9.68. The van der Waals surface area contributed by atoms with Crippen LogP contribution in [-0.4, -0.2) is 43.8 Å². The van der Waals surface area contributed by atoms with Crippen LogP contribution in [0.25, 0.3) is 0 Å². The van der Waals surface area contributed by atoms with Gasteiger partial charge in [-0.25, -0.2) is 8.42 Å². The molecule has 1 fully saturated rings. The highest BCUT2D eigenvalue weighted by atomic mass is 32.2. The summed E-state index contributed by atoms with van der Waals surface area (Å²) in [7, 11) is -3.35. The Bertz CT molecular complexity index is 923. The van der Waals surface area contributed by atoms with Crippen LogP contribution in [0.2, 0.25) is 0 Å². The molecule has 1 unspecified atom stereocenters. The number of benzene rings is 2. The fraction of sp³-hybridized carbons (Fsp3) is 0.409. The molecule has 6 heteroatoms. The summed E-state index contributed by atoms with van der Waals surface area (Å²) >= 11 is 0. The average molecular weight is 398 g/mol. The Morgan fingerprint density at radius 3 is 2.07 bits per heavy atom. The molecule has 0 bridgehead atoms. The Balaban J connectivity index is 1.63. The second-order valence-electron chi connectivity index (χ2n) is 7.30. The Labute approximate surface area is 168 Å². The molecule has 1 aliphatic rings. The smallest absolute Gasteiger partial charge is 0.218 e. The van der Waals surface area contributed by atoms with Crippen molar-refractivity contribution in [3.63, 3.8) is 0 Å². The molecule has 148 valence electrons. The molecular weight excluding hydrogens is 370 g/mol. The van der Waals surface area contributed by atoms with Crippen LogP contribution in [0.1, 0.15) is 35.2 Å². The van der Waals surface area contributed by atoms with Gasteiger partial charge >= 0.3 is 0 Å². The molecule has 0 N–H and O–H groups in total. The summed E-state index contributed by atoms with van der Waals surface area (Å²) in [4.78, 5) is 2.07.